The summed E-state index contributed by atoms with van der Waals surface area (Å²) < 4.78 is 55.2. The maximum Gasteiger partial charge on any atom is 0.243 e. The van der Waals surface area contributed by atoms with Gasteiger partial charge in [-0.15, -0.1) is 0 Å². The first-order chi connectivity index (χ1) is 15.2. The van der Waals surface area contributed by atoms with Crippen molar-refractivity contribution >= 4 is 26.0 Å². The van der Waals surface area contributed by atoms with Gasteiger partial charge in [0.1, 0.15) is 6.04 Å². The zero-order valence-electron chi connectivity index (χ0n) is 18.2. The van der Waals surface area contributed by atoms with Gasteiger partial charge in [0.15, 0.2) is 0 Å². The molecule has 3 rings (SSSR count). The van der Waals surface area contributed by atoms with Crippen molar-refractivity contribution in [3.05, 3.63) is 60.7 Å². The van der Waals surface area contributed by atoms with Crippen LogP contribution in [0.3, 0.4) is 0 Å². The Labute approximate surface area is 190 Å². The second kappa shape index (κ2) is 10.1. The molecule has 0 unspecified atom stereocenters. The molecule has 174 valence electrons. The number of carbonyl (C=O) groups excluding carboxylic acids is 1. The van der Waals surface area contributed by atoms with E-state index in [1.54, 1.807) is 36.4 Å². The number of hydrogen-bond acceptors (Lipinski definition) is 5. The molecule has 1 N–H and O–H groups in total. The SMILES string of the molecule is CCC[C@@H](C)NC(=O)[C@H]1CN(S(=O)(=O)c2ccccc2)CCN1S(=O)(=O)c1ccccc1. The van der Waals surface area contributed by atoms with E-state index in [-0.39, 0.29) is 35.5 Å². The van der Waals surface area contributed by atoms with E-state index in [0.717, 1.165) is 17.1 Å². The highest BCUT2D eigenvalue weighted by molar-refractivity contribution is 7.89. The van der Waals surface area contributed by atoms with E-state index in [0.29, 0.717) is 0 Å². The standard InChI is InChI=1S/C22H29N3O5S2/c1-3-10-18(2)23-22(26)21-17-24(31(27,28)19-11-6-4-7-12-19)15-16-25(21)32(29,30)20-13-8-5-9-14-20/h4-9,11-14,18,21H,3,10,15-17H2,1-2H3,(H,23,26)/t18-,21-/m1/s1. The third-order valence-electron chi connectivity index (χ3n) is 5.44. The lowest BCUT2D eigenvalue weighted by Crippen LogP contribution is -2.61. The molecule has 1 aliphatic rings. The lowest BCUT2D eigenvalue weighted by atomic mass is 10.1. The summed E-state index contributed by atoms with van der Waals surface area (Å²) in [4.78, 5) is 13.3. The molecular weight excluding hydrogens is 450 g/mol. The summed E-state index contributed by atoms with van der Waals surface area (Å²) in [6, 6.07) is 14.5. The Morgan fingerprint density at radius 2 is 1.47 bits per heavy atom. The number of hydrogen-bond donors (Lipinski definition) is 1. The highest BCUT2D eigenvalue weighted by Crippen LogP contribution is 2.25. The first-order valence-corrected chi connectivity index (χ1v) is 13.5. The number of sulfonamides is 2. The van der Waals surface area contributed by atoms with Crippen molar-refractivity contribution < 1.29 is 21.6 Å². The minimum Gasteiger partial charge on any atom is -0.352 e. The van der Waals surface area contributed by atoms with E-state index in [2.05, 4.69) is 5.32 Å². The number of benzene rings is 2. The summed E-state index contributed by atoms with van der Waals surface area (Å²) in [5.74, 6) is -0.501. The minimum absolute atomic E-state index is 0.0441. The molecule has 1 amide bonds. The van der Waals surface area contributed by atoms with Crippen molar-refractivity contribution in [2.45, 2.75) is 48.6 Å². The molecule has 0 saturated carbocycles. The number of nitrogens with zero attached hydrogens (tertiary/aromatic N) is 2. The molecule has 2 aromatic carbocycles. The van der Waals surface area contributed by atoms with Crippen LogP contribution in [-0.2, 0) is 24.8 Å². The zero-order chi connectivity index (χ0) is 23.4. The van der Waals surface area contributed by atoms with E-state index in [1.165, 1.54) is 28.6 Å². The molecule has 0 radical (unpaired) electrons. The Bertz CT molecular complexity index is 1120. The van der Waals surface area contributed by atoms with Gasteiger partial charge in [-0.1, -0.05) is 49.7 Å². The van der Waals surface area contributed by atoms with E-state index >= 15 is 0 Å². The zero-order valence-corrected chi connectivity index (χ0v) is 19.8. The van der Waals surface area contributed by atoms with Crippen LogP contribution in [0, 0.1) is 0 Å². The Morgan fingerprint density at radius 1 is 0.938 bits per heavy atom. The minimum atomic E-state index is -3.99. The van der Waals surface area contributed by atoms with E-state index < -0.39 is 32.0 Å². The van der Waals surface area contributed by atoms with Crippen molar-refractivity contribution in [1.29, 1.82) is 0 Å². The predicted octanol–water partition coefficient (Wildman–Crippen LogP) is 2.06. The van der Waals surface area contributed by atoms with Crippen LogP contribution in [0.5, 0.6) is 0 Å². The van der Waals surface area contributed by atoms with Gasteiger partial charge in [0.05, 0.1) is 9.79 Å². The van der Waals surface area contributed by atoms with Crippen LogP contribution in [0.15, 0.2) is 70.5 Å². The summed E-state index contributed by atoms with van der Waals surface area (Å²) in [6.07, 6.45) is 1.59. The summed E-state index contributed by atoms with van der Waals surface area (Å²) in [6.45, 7) is 3.41. The van der Waals surface area contributed by atoms with E-state index in [4.69, 9.17) is 0 Å². The molecule has 2 atom stereocenters. The molecule has 0 spiro atoms. The van der Waals surface area contributed by atoms with Crippen LogP contribution >= 0.6 is 0 Å². The molecule has 10 heteroatoms. The van der Waals surface area contributed by atoms with Crippen LogP contribution in [-0.4, -0.2) is 63.1 Å². The van der Waals surface area contributed by atoms with Crippen molar-refractivity contribution in [1.82, 2.24) is 13.9 Å². The molecule has 1 aliphatic heterocycles. The van der Waals surface area contributed by atoms with Gasteiger partial charge in [-0.2, -0.15) is 8.61 Å². The quantitative estimate of drug-likeness (QED) is 0.624. The van der Waals surface area contributed by atoms with Crippen LogP contribution < -0.4 is 5.32 Å². The first-order valence-electron chi connectivity index (χ1n) is 10.6. The molecular formula is C22H29N3O5S2. The number of amides is 1. The van der Waals surface area contributed by atoms with Gasteiger partial charge < -0.3 is 5.32 Å². The van der Waals surface area contributed by atoms with Crippen molar-refractivity contribution in [2.24, 2.45) is 0 Å². The Kier molecular flexibility index (Phi) is 7.71. The largest absolute Gasteiger partial charge is 0.352 e. The molecule has 0 aromatic heterocycles. The Balaban J connectivity index is 1.94. The highest BCUT2D eigenvalue weighted by atomic mass is 32.2. The summed E-state index contributed by atoms with van der Waals surface area (Å²) in [5, 5.41) is 2.85. The fraction of sp³-hybridized carbons (Fsp3) is 0.409. The maximum absolute atomic E-state index is 13.3. The fourth-order valence-electron chi connectivity index (χ4n) is 3.77. The smallest absolute Gasteiger partial charge is 0.243 e. The first kappa shape index (κ1) is 24.4. The van der Waals surface area contributed by atoms with Gasteiger partial charge in [-0.05, 0) is 37.6 Å². The van der Waals surface area contributed by atoms with Crippen molar-refractivity contribution in [2.75, 3.05) is 19.6 Å². The third kappa shape index (κ3) is 5.20. The second-order valence-corrected chi connectivity index (χ2v) is 11.6. The molecule has 8 nitrogen and oxygen atoms in total. The number of nitrogens with one attached hydrogen (secondary N) is 1. The Morgan fingerprint density at radius 3 is 2.00 bits per heavy atom. The molecule has 0 bridgehead atoms. The van der Waals surface area contributed by atoms with Gasteiger partial charge in [0.2, 0.25) is 26.0 Å². The van der Waals surface area contributed by atoms with Gasteiger partial charge in [0.25, 0.3) is 0 Å². The molecule has 1 saturated heterocycles. The van der Waals surface area contributed by atoms with Gasteiger partial charge in [-0.3, -0.25) is 4.79 Å². The van der Waals surface area contributed by atoms with E-state index in [9.17, 15) is 21.6 Å². The van der Waals surface area contributed by atoms with E-state index in [1.807, 2.05) is 13.8 Å². The van der Waals surface area contributed by atoms with Crippen molar-refractivity contribution in [3.8, 4) is 0 Å². The molecule has 2 aromatic rings. The van der Waals surface area contributed by atoms with Gasteiger partial charge in [-0.25, -0.2) is 16.8 Å². The Hall–Kier alpha value is -2.27. The van der Waals surface area contributed by atoms with Crippen LogP contribution in [0.2, 0.25) is 0 Å². The van der Waals surface area contributed by atoms with Crippen LogP contribution in [0.4, 0.5) is 0 Å². The fourth-order valence-corrected chi connectivity index (χ4v) is 6.82. The topological polar surface area (TPSA) is 104 Å². The maximum atomic E-state index is 13.3. The molecule has 0 aliphatic carbocycles. The number of piperazine rings is 1. The van der Waals surface area contributed by atoms with Crippen LogP contribution in [0.1, 0.15) is 26.7 Å². The van der Waals surface area contributed by atoms with Crippen molar-refractivity contribution in [3.63, 3.8) is 0 Å². The monoisotopic (exact) mass is 479 g/mol. The number of rotatable bonds is 8. The average Bonchev–Trinajstić information content (AvgIpc) is 2.80. The second-order valence-electron chi connectivity index (χ2n) is 7.82. The van der Waals surface area contributed by atoms with Gasteiger partial charge >= 0.3 is 0 Å². The average molecular weight is 480 g/mol. The summed E-state index contributed by atoms with van der Waals surface area (Å²) in [7, 11) is -7.86. The highest BCUT2D eigenvalue weighted by Gasteiger charge is 2.43. The summed E-state index contributed by atoms with van der Waals surface area (Å²) in [5.41, 5.74) is 0. The summed E-state index contributed by atoms with van der Waals surface area (Å²) >= 11 is 0. The predicted molar refractivity (Wildman–Crippen MR) is 122 cm³/mol. The molecule has 1 heterocycles. The third-order valence-corrected chi connectivity index (χ3v) is 9.24. The van der Waals surface area contributed by atoms with Gasteiger partial charge in [0, 0.05) is 25.7 Å². The normalized spacial score (nSPS) is 19.4. The number of carbonyl (C=O) groups is 1. The molecule has 32 heavy (non-hydrogen) atoms. The lowest BCUT2D eigenvalue weighted by Gasteiger charge is -2.39. The van der Waals surface area contributed by atoms with Crippen LogP contribution in [0.25, 0.3) is 0 Å². The lowest BCUT2D eigenvalue weighted by molar-refractivity contribution is -0.126. The molecule has 1 fully saturated rings.